The van der Waals surface area contributed by atoms with Crippen LogP contribution in [0.3, 0.4) is 0 Å². The second-order valence-corrected chi connectivity index (χ2v) is 8.25. The lowest BCUT2D eigenvalue weighted by atomic mass is 10.1. The molecule has 1 fully saturated rings. The first kappa shape index (κ1) is 19.6. The van der Waals surface area contributed by atoms with Gasteiger partial charge >= 0.3 is 0 Å². The molecule has 4 N–H and O–H groups in total. The Morgan fingerprint density at radius 2 is 1.90 bits per heavy atom. The number of aromatic nitrogens is 4. The van der Waals surface area contributed by atoms with E-state index in [4.69, 9.17) is 0 Å². The predicted molar refractivity (Wildman–Crippen MR) is 116 cm³/mol. The van der Waals surface area contributed by atoms with Crippen molar-refractivity contribution in [2.75, 3.05) is 23.3 Å². The summed E-state index contributed by atoms with van der Waals surface area (Å²) in [6, 6.07) is 5.48. The standard InChI is InChI=1S/C21H23F2N7O/c1-10-7-30(8-11(2)24-10)13-5-14(22)17-15(6-13)26-27-21(17)25-16-4-12-9-29(3)28-19(12)18(23)20(16)31/h4-6,9-11,24,31H,7-8H2,1-3H3,(H2,25,26,27)/t10-,11-/m1/s1. The third-order valence-corrected chi connectivity index (χ3v) is 5.60. The molecule has 0 radical (unpaired) electrons. The van der Waals surface area contributed by atoms with Crippen LogP contribution in [0.5, 0.6) is 5.75 Å². The summed E-state index contributed by atoms with van der Waals surface area (Å²) < 4.78 is 31.1. The van der Waals surface area contributed by atoms with Gasteiger partial charge in [-0.2, -0.15) is 10.2 Å². The first-order chi connectivity index (χ1) is 14.8. The maximum atomic E-state index is 15.1. The zero-order chi connectivity index (χ0) is 21.9. The van der Waals surface area contributed by atoms with Crippen LogP contribution in [0.15, 0.2) is 24.4 Å². The lowest BCUT2D eigenvalue weighted by Crippen LogP contribution is -2.54. The Kier molecular flexibility index (Phi) is 4.47. The normalized spacial score (nSPS) is 19.5. The number of fused-ring (bicyclic) bond motifs is 2. The molecular formula is C21H23F2N7O. The van der Waals surface area contributed by atoms with Gasteiger partial charge in [-0.1, -0.05) is 0 Å². The highest BCUT2D eigenvalue weighted by molar-refractivity contribution is 5.96. The summed E-state index contributed by atoms with van der Waals surface area (Å²) in [5.41, 5.74) is 1.43. The molecule has 0 bridgehead atoms. The third kappa shape index (κ3) is 3.32. The highest BCUT2D eigenvalue weighted by Gasteiger charge is 2.24. The molecule has 0 amide bonds. The molecule has 5 rings (SSSR count). The van der Waals surface area contributed by atoms with E-state index in [1.807, 2.05) is 6.07 Å². The molecule has 8 nitrogen and oxygen atoms in total. The van der Waals surface area contributed by atoms with E-state index in [1.165, 1.54) is 10.7 Å². The maximum absolute atomic E-state index is 15.1. The number of rotatable bonds is 3. The second-order valence-electron chi connectivity index (χ2n) is 8.25. The molecule has 2 aromatic heterocycles. The molecule has 1 saturated heterocycles. The van der Waals surface area contributed by atoms with E-state index in [0.29, 0.717) is 23.0 Å². The Labute approximate surface area is 176 Å². The van der Waals surface area contributed by atoms with Crippen molar-refractivity contribution in [1.82, 2.24) is 25.3 Å². The van der Waals surface area contributed by atoms with Crippen molar-refractivity contribution in [2.24, 2.45) is 7.05 Å². The van der Waals surface area contributed by atoms with Crippen LogP contribution in [0, 0.1) is 11.6 Å². The molecule has 2 aromatic carbocycles. The molecule has 0 unspecified atom stereocenters. The molecule has 2 atom stereocenters. The molecule has 4 aromatic rings. The Morgan fingerprint density at radius 3 is 2.65 bits per heavy atom. The summed E-state index contributed by atoms with van der Waals surface area (Å²) in [6.07, 6.45) is 1.63. The number of halogens is 2. The van der Waals surface area contributed by atoms with Gasteiger partial charge in [-0.25, -0.2) is 8.78 Å². The second kappa shape index (κ2) is 7.09. The van der Waals surface area contributed by atoms with E-state index in [1.54, 1.807) is 19.3 Å². The summed E-state index contributed by atoms with van der Waals surface area (Å²) >= 11 is 0. The molecule has 162 valence electrons. The molecule has 31 heavy (non-hydrogen) atoms. The van der Waals surface area contributed by atoms with Crippen LogP contribution in [-0.2, 0) is 7.05 Å². The first-order valence-electron chi connectivity index (χ1n) is 10.1. The van der Waals surface area contributed by atoms with Crippen LogP contribution < -0.4 is 15.5 Å². The van der Waals surface area contributed by atoms with Gasteiger partial charge in [0.15, 0.2) is 17.4 Å². The molecule has 0 aliphatic carbocycles. The molecule has 1 aliphatic rings. The van der Waals surface area contributed by atoms with Gasteiger partial charge in [0, 0.05) is 49.5 Å². The minimum absolute atomic E-state index is 0.0627. The summed E-state index contributed by atoms with van der Waals surface area (Å²) in [5, 5.41) is 28.3. The number of aryl methyl sites for hydroxylation is 1. The number of hydrogen-bond donors (Lipinski definition) is 4. The Bertz CT molecular complexity index is 1290. The van der Waals surface area contributed by atoms with Crippen molar-refractivity contribution in [2.45, 2.75) is 25.9 Å². The summed E-state index contributed by atoms with van der Waals surface area (Å²) in [6.45, 7) is 5.74. The number of phenols is 1. The van der Waals surface area contributed by atoms with Gasteiger partial charge in [-0.3, -0.25) is 9.78 Å². The number of hydrogen-bond acceptors (Lipinski definition) is 6. The molecule has 0 saturated carbocycles. The fraction of sp³-hybridized carbons (Fsp3) is 0.333. The Hall–Kier alpha value is -3.40. The largest absolute Gasteiger partial charge is 0.503 e. The van der Waals surface area contributed by atoms with Gasteiger partial charge in [-0.05, 0) is 32.0 Å². The van der Waals surface area contributed by atoms with Gasteiger partial charge in [-0.15, -0.1) is 0 Å². The van der Waals surface area contributed by atoms with Crippen LogP contribution in [0.4, 0.5) is 26.0 Å². The van der Waals surface area contributed by atoms with Crippen LogP contribution in [-0.4, -0.2) is 50.3 Å². The SMILES string of the molecule is C[C@@H]1CN(c2cc(F)c3c(Nc4cc5cn(C)nc5c(F)c4O)n[nH]c3c2)C[C@@H](C)N1. The number of phenolic OH excluding ortho intramolecular Hbond substituents is 1. The van der Waals surface area contributed by atoms with Crippen molar-refractivity contribution in [1.29, 1.82) is 0 Å². The van der Waals surface area contributed by atoms with Gasteiger partial charge in [0.05, 0.1) is 16.6 Å². The number of aromatic amines is 1. The number of benzene rings is 2. The zero-order valence-electron chi connectivity index (χ0n) is 17.4. The van der Waals surface area contributed by atoms with Crippen molar-refractivity contribution < 1.29 is 13.9 Å². The lowest BCUT2D eigenvalue weighted by molar-refractivity contribution is 0.407. The van der Waals surface area contributed by atoms with Gasteiger partial charge in [0.1, 0.15) is 11.3 Å². The minimum Gasteiger partial charge on any atom is -0.503 e. The number of nitrogens with zero attached hydrogens (tertiary/aromatic N) is 4. The van der Waals surface area contributed by atoms with Crippen molar-refractivity contribution >= 4 is 39.0 Å². The number of nitrogens with one attached hydrogen (secondary N) is 3. The average molecular weight is 427 g/mol. The first-order valence-corrected chi connectivity index (χ1v) is 10.1. The van der Waals surface area contributed by atoms with Gasteiger partial charge in [0.25, 0.3) is 0 Å². The number of anilines is 3. The molecule has 3 heterocycles. The fourth-order valence-corrected chi connectivity index (χ4v) is 4.36. The smallest absolute Gasteiger partial charge is 0.195 e. The topological polar surface area (TPSA) is 94.0 Å². The average Bonchev–Trinajstić information content (AvgIpc) is 3.28. The van der Waals surface area contributed by atoms with E-state index < -0.39 is 17.4 Å². The number of piperazine rings is 1. The number of aromatic hydroxyl groups is 1. The zero-order valence-corrected chi connectivity index (χ0v) is 17.4. The van der Waals surface area contributed by atoms with Crippen molar-refractivity contribution in [3.05, 3.63) is 36.0 Å². The lowest BCUT2D eigenvalue weighted by Gasteiger charge is -2.37. The monoisotopic (exact) mass is 427 g/mol. The highest BCUT2D eigenvalue weighted by Crippen LogP contribution is 2.37. The van der Waals surface area contributed by atoms with E-state index >= 15 is 4.39 Å². The Morgan fingerprint density at radius 1 is 1.16 bits per heavy atom. The molecule has 10 heteroatoms. The third-order valence-electron chi connectivity index (χ3n) is 5.60. The van der Waals surface area contributed by atoms with E-state index in [9.17, 15) is 9.50 Å². The van der Waals surface area contributed by atoms with Crippen LogP contribution >= 0.6 is 0 Å². The molecular weight excluding hydrogens is 404 g/mol. The van der Waals surface area contributed by atoms with Crippen LogP contribution in [0.2, 0.25) is 0 Å². The highest BCUT2D eigenvalue weighted by atomic mass is 19.1. The van der Waals surface area contributed by atoms with Crippen molar-refractivity contribution in [3.8, 4) is 5.75 Å². The fourth-order valence-electron chi connectivity index (χ4n) is 4.36. The molecule has 1 aliphatic heterocycles. The summed E-state index contributed by atoms with van der Waals surface area (Å²) in [7, 11) is 1.66. The van der Waals surface area contributed by atoms with Crippen molar-refractivity contribution in [3.63, 3.8) is 0 Å². The van der Waals surface area contributed by atoms with Crippen LogP contribution in [0.25, 0.3) is 21.8 Å². The van der Waals surface area contributed by atoms with E-state index in [2.05, 4.69) is 44.7 Å². The maximum Gasteiger partial charge on any atom is 0.195 e. The van der Waals surface area contributed by atoms with Gasteiger partial charge in [0.2, 0.25) is 0 Å². The summed E-state index contributed by atoms with van der Waals surface area (Å²) in [5.74, 6) is -1.72. The van der Waals surface area contributed by atoms with Gasteiger partial charge < -0.3 is 20.6 Å². The summed E-state index contributed by atoms with van der Waals surface area (Å²) in [4.78, 5) is 2.14. The predicted octanol–water partition coefficient (Wildman–Crippen LogP) is 3.36. The minimum atomic E-state index is -0.842. The van der Waals surface area contributed by atoms with Crippen LogP contribution in [0.1, 0.15) is 13.8 Å². The number of H-pyrrole nitrogens is 1. The van der Waals surface area contributed by atoms with E-state index in [0.717, 1.165) is 18.8 Å². The van der Waals surface area contributed by atoms with E-state index in [-0.39, 0.29) is 22.4 Å². The molecule has 0 spiro atoms. The quantitative estimate of drug-likeness (QED) is 0.375. The Balaban J connectivity index is 1.52.